The van der Waals surface area contributed by atoms with E-state index in [4.69, 9.17) is 0 Å². The smallest absolute Gasteiger partial charge is 0.0726 e. The van der Waals surface area contributed by atoms with Crippen LogP contribution < -0.4 is 5.32 Å². The van der Waals surface area contributed by atoms with Crippen molar-refractivity contribution in [1.82, 2.24) is 4.57 Å². The minimum Gasteiger partial charge on any atom is -0.355 e. The van der Waals surface area contributed by atoms with Gasteiger partial charge in [0.05, 0.1) is 22.1 Å². The van der Waals surface area contributed by atoms with Gasteiger partial charge in [-0.1, -0.05) is 153 Å². The molecule has 252 valence electrons. The number of nitrogens with one attached hydrogen (secondary N) is 1. The van der Waals surface area contributed by atoms with E-state index in [1.165, 1.54) is 111 Å². The van der Waals surface area contributed by atoms with Gasteiger partial charge in [0.25, 0.3) is 0 Å². The minimum atomic E-state index is -0.440. The van der Waals surface area contributed by atoms with Gasteiger partial charge in [0.2, 0.25) is 0 Å². The van der Waals surface area contributed by atoms with Crippen LogP contribution in [-0.4, -0.2) is 4.57 Å². The van der Waals surface area contributed by atoms with Crippen LogP contribution in [0.4, 0.5) is 11.4 Å². The van der Waals surface area contributed by atoms with E-state index in [1.807, 2.05) is 0 Å². The van der Waals surface area contributed by atoms with Crippen molar-refractivity contribution in [3.63, 3.8) is 0 Å². The van der Waals surface area contributed by atoms with Crippen molar-refractivity contribution >= 4 is 33.2 Å². The molecule has 0 saturated heterocycles. The monoisotopic (exact) mass is 686 g/mol. The van der Waals surface area contributed by atoms with Crippen molar-refractivity contribution < 1.29 is 0 Å². The Bertz CT molecular complexity index is 3130. The molecule has 9 aromatic rings. The van der Waals surface area contributed by atoms with Gasteiger partial charge in [-0.2, -0.15) is 0 Å². The zero-order valence-corrected chi connectivity index (χ0v) is 30.0. The first-order valence-corrected chi connectivity index (χ1v) is 19.1. The molecule has 4 aliphatic rings. The zero-order chi connectivity index (χ0) is 35.5. The molecular weight excluding hydrogens is 653 g/mol. The number of rotatable bonds is 2. The fraction of sp³-hybridized carbons (Fsp3) is 0.0769. The zero-order valence-electron chi connectivity index (χ0n) is 30.0. The molecule has 0 saturated carbocycles. The Balaban J connectivity index is 1.19. The summed E-state index contributed by atoms with van der Waals surface area (Å²) in [6, 6.07) is 61.7. The third kappa shape index (κ3) is 3.15. The fourth-order valence-electron chi connectivity index (χ4n) is 11.4. The molecule has 2 nitrogen and oxygen atoms in total. The van der Waals surface area contributed by atoms with Crippen LogP contribution in [0.1, 0.15) is 47.2 Å². The average Bonchev–Trinajstić information content (AvgIpc) is 3.86. The van der Waals surface area contributed by atoms with E-state index in [9.17, 15) is 0 Å². The number of hydrogen-bond donors (Lipinski definition) is 1. The molecule has 1 aromatic heterocycles. The number of nitrogens with zero attached hydrogens (tertiary/aromatic N) is 1. The molecule has 2 heterocycles. The topological polar surface area (TPSA) is 17.0 Å². The molecule has 1 spiro atoms. The summed E-state index contributed by atoms with van der Waals surface area (Å²) in [6.07, 6.45) is 0. The molecule has 8 aromatic carbocycles. The summed E-state index contributed by atoms with van der Waals surface area (Å²) < 4.78 is 2.57. The second-order valence-electron chi connectivity index (χ2n) is 16.0. The average molecular weight is 687 g/mol. The van der Waals surface area contributed by atoms with Gasteiger partial charge in [0.1, 0.15) is 0 Å². The van der Waals surface area contributed by atoms with Crippen LogP contribution in [0.5, 0.6) is 0 Å². The van der Waals surface area contributed by atoms with E-state index in [0.717, 1.165) is 5.69 Å². The molecule has 0 atom stereocenters. The second kappa shape index (κ2) is 9.66. The summed E-state index contributed by atoms with van der Waals surface area (Å²) in [5.41, 5.74) is 24.2. The molecule has 54 heavy (non-hydrogen) atoms. The second-order valence-corrected chi connectivity index (χ2v) is 16.0. The summed E-state index contributed by atoms with van der Waals surface area (Å²) >= 11 is 0. The van der Waals surface area contributed by atoms with Gasteiger partial charge in [-0.15, -0.1) is 0 Å². The molecule has 3 aliphatic carbocycles. The number of para-hydroxylation sites is 2. The van der Waals surface area contributed by atoms with E-state index < -0.39 is 5.41 Å². The van der Waals surface area contributed by atoms with Gasteiger partial charge in [-0.3, -0.25) is 0 Å². The highest BCUT2D eigenvalue weighted by Gasteiger charge is 2.54. The molecule has 0 fully saturated rings. The predicted molar refractivity (Wildman–Crippen MR) is 223 cm³/mol. The van der Waals surface area contributed by atoms with Crippen LogP contribution in [0.15, 0.2) is 164 Å². The quantitative estimate of drug-likeness (QED) is 0.192. The Hall–Kier alpha value is -6.64. The summed E-state index contributed by atoms with van der Waals surface area (Å²) in [5, 5.41) is 6.73. The highest BCUT2D eigenvalue weighted by atomic mass is 15.0. The molecule has 0 radical (unpaired) electrons. The maximum atomic E-state index is 4.14. The maximum absolute atomic E-state index is 4.14. The third-order valence-electron chi connectivity index (χ3n) is 13.3. The van der Waals surface area contributed by atoms with E-state index in [0.29, 0.717) is 0 Å². The molecule has 1 aliphatic heterocycles. The van der Waals surface area contributed by atoms with Crippen LogP contribution in [0.2, 0.25) is 0 Å². The van der Waals surface area contributed by atoms with E-state index in [2.05, 4.69) is 188 Å². The van der Waals surface area contributed by atoms with Crippen molar-refractivity contribution in [3.05, 3.63) is 197 Å². The van der Waals surface area contributed by atoms with Crippen molar-refractivity contribution in [3.8, 4) is 50.2 Å². The third-order valence-corrected chi connectivity index (χ3v) is 13.3. The van der Waals surface area contributed by atoms with Gasteiger partial charge in [0, 0.05) is 44.3 Å². The van der Waals surface area contributed by atoms with Crippen LogP contribution in [0, 0.1) is 0 Å². The SMILES string of the molecule is CC1(C)c2ccccc2-c2cccc(Nc3ccc4c5c3-c3ccccc3-n3c6ccccc6c6ccc(c-5c63)C43c4ccccc4-c4ccccc43)c21. The van der Waals surface area contributed by atoms with Crippen molar-refractivity contribution in [2.24, 2.45) is 0 Å². The molecule has 13 rings (SSSR count). The van der Waals surface area contributed by atoms with Gasteiger partial charge in [-0.05, 0) is 85.5 Å². The molecule has 0 bridgehead atoms. The summed E-state index contributed by atoms with van der Waals surface area (Å²) in [5.74, 6) is 0. The van der Waals surface area contributed by atoms with Gasteiger partial charge < -0.3 is 9.88 Å². The highest BCUT2D eigenvalue weighted by molar-refractivity contribution is 6.20. The first-order valence-electron chi connectivity index (χ1n) is 19.1. The molecule has 1 N–H and O–H groups in total. The minimum absolute atomic E-state index is 0.143. The van der Waals surface area contributed by atoms with Crippen molar-refractivity contribution in [2.75, 3.05) is 5.32 Å². The van der Waals surface area contributed by atoms with Crippen LogP contribution >= 0.6 is 0 Å². The van der Waals surface area contributed by atoms with E-state index >= 15 is 0 Å². The standard InChI is InChI=1S/C52H34N2/c1-51(2)37-20-8-3-16-32(37)34-19-13-23-43(49(34)51)53-42-29-28-40-47-46(42)36-18-7-12-25-45(36)54-44-24-11-6-17-33(44)35-26-27-41(48(47)50(35)54)52(40)38-21-9-4-14-30(38)31-15-5-10-22-39(31)52/h3-29,53H,1-2H3. The van der Waals surface area contributed by atoms with Gasteiger partial charge >= 0.3 is 0 Å². The lowest BCUT2D eigenvalue weighted by molar-refractivity contribution is 0.662. The number of fused-ring (bicyclic) bond motifs is 16. The van der Waals surface area contributed by atoms with Crippen molar-refractivity contribution in [1.29, 1.82) is 0 Å². The molecular formula is C52H34N2. The number of aromatic nitrogens is 1. The van der Waals surface area contributed by atoms with Crippen LogP contribution in [0.3, 0.4) is 0 Å². The first kappa shape index (κ1) is 28.9. The maximum Gasteiger partial charge on any atom is 0.0726 e. The highest BCUT2D eigenvalue weighted by Crippen LogP contribution is 2.67. The number of anilines is 2. The molecule has 0 amide bonds. The Kier molecular flexibility index (Phi) is 5.17. The lowest BCUT2D eigenvalue weighted by Crippen LogP contribution is -2.26. The normalized spacial score (nSPS) is 15.1. The number of benzene rings is 8. The van der Waals surface area contributed by atoms with Crippen molar-refractivity contribution in [2.45, 2.75) is 24.7 Å². The van der Waals surface area contributed by atoms with Gasteiger partial charge in [-0.25, -0.2) is 0 Å². The predicted octanol–water partition coefficient (Wildman–Crippen LogP) is 13.2. The van der Waals surface area contributed by atoms with Crippen LogP contribution in [0.25, 0.3) is 72.0 Å². The fourth-order valence-corrected chi connectivity index (χ4v) is 11.4. The Morgan fingerprint density at radius 2 is 1.00 bits per heavy atom. The van der Waals surface area contributed by atoms with E-state index in [1.54, 1.807) is 0 Å². The van der Waals surface area contributed by atoms with E-state index in [-0.39, 0.29) is 5.41 Å². The summed E-state index contributed by atoms with van der Waals surface area (Å²) in [4.78, 5) is 0. The molecule has 0 unspecified atom stereocenters. The lowest BCUT2D eigenvalue weighted by Gasteiger charge is -2.31. The number of hydrogen-bond acceptors (Lipinski definition) is 1. The Labute approximate surface area is 314 Å². The summed E-state index contributed by atoms with van der Waals surface area (Å²) in [6.45, 7) is 4.75. The Morgan fingerprint density at radius 1 is 0.407 bits per heavy atom. The largest absolute Gasteiger partial charge is 0.355 e. The molecule has 2 heteroatoms. The van der Waals surface area contributed by atoms with Gasteiger partial charge in [0.15, 0.2) is 0 Å². The van der Waals surface area contributed by atoms with Crippen LogP contribution in [-0.2, 0) is 10.8 Å². The Morgan fingerprint density at radius 3 is 1.78 bits per heavy atom. The lowest BCUT2D eigenvalue weighted by atomic mass is 9.70. The summed E-state index contributed by atoms with van der Waals surface area (Å²) in [7, 11) is 0. The first-order chi connectivity index (χ1) is 26.6.